The molecule has 14 heavy (non-hydrogen) atoms. The van der Waals surface area contributed by atoms with Gasteiger partial charge in [0.05, 0.1) is 7.11 Å². The average Bonchev–Trinajstić information content (AvgIpc) is 2.16. The quantitative estimate of drug-likeness (QED) is 0.189. The van der Waals surface area contributed by atoms with Crippen LogP contribution in [0.2, 0.25) is 0 Å². The standard InChI is InChI=1S/C7H12O7/c1-6(2)7(8)10-4-5-11-13-14-12-9-3/h1,4-5H2,2-3H3. The van der Waals surface area contributed by atoms with E-state index in [0.717, 1.165) is 0 Å². The normalized spacial score (nSPS) is 9.86. The van der Waals surface area contributed by atoms with E-state index >= 15 is 0 Å². The lowest BCUT2D eigenvalue weighted by Crippen LogP contribution is -2.11. The Morgan fingerprint density at radius 1 is 1.21 bits per heavy atom. The first-order valence-electron chi connectivity index (χ1n) is 3.66. The van der Waals surface area contributed by atoms with Gasteiger partial charge in [-0.25, -0.2) is 14.6 Å². The first-order valence-corrected chi connectivity index (χ1v) is 3.66. The summed E-state index contributed by atoms with van der Waals surface area (Å²) in [6.45, 7) is 4.93. The van der Waals surface area contributed by atoms with Gasteiger partial charge in [-0.1, -0.05) is 6.58 Å². The highest BCUT2D eigenvalue weighted by atomic mass is 17.8. The van der Waals surface area contributed by atoms with E-state index in [2.05, 4.69) is 36.2 Å². The fourth-order valence-electron chi connectivity index (χ4n) is 0.384. The number of carbonyl (C=O) groups is 1. The maximum absolute atomic E-state index is 10.8. The SMILES string of the molecule is C=C(C)C(=O)OCCOOOOOC. The van der Waals surface area contributed by atoms with E-state index in [1.54, 1.807) is 0 Å². The van der Waals surface area contributed by atoms with Crippen LogP contribution in [-0.4, -0.2) is 26.3 Å². The molecule has 0 atom stereocenters. The molecule has 0 aromatic rings. The van der Waals surface area contributed by atoms with Crippen molar-refractivity contribution in [3.63, 3.8) is 0 Å². The lowest BCUT2D eigenvalue weighted by Gasteiger charge is -2.03. The molecule has 0 fully saturated rings. The third-order valence-electron chi connectivity index (χ3n) is 0.920. The first kappa shape index (κ1) is 13.0. The Kier molecular flexibility index (Phi) is 7.99. The molecule has 0 bridgehead atoms. The second kappa shape index (κ2) is 8.60. The summed E-state index contributed by atoms with van der Waals surface area (Å²) in [5, 5.41) is 11.6. The van der Waals surface area contributed by atoms with Gasteiger partial charge >= 0.3 is 5.97 Å². The van der Waals surface area contributed by atoms with Crippen LogP contribution < -0.4 is 0 Å². The molecule has 0 spiro atoms. The maximum atomic E-state index is 10.8. The van der Waals surface area contributed by atoms with E-state index in [4.69, 9.17) is 0 Å². The fraction of sp³-hybridized carbons (Fsp3) is 0.571. The van der Waals surface area contributed by atoms with Crippen LogP contribution in [0.3, 0.4) is 0 Å². The highest BCUT2D eigenvalue weighted by molar-refractivity contribution is 5.86. The Morgan fingerprint density at radius 3 is 2.50 bits per heavy atom. The minimum atomic E-state index is -0.498. The zero-order valence-electron chi connectivity index (χ0n) is 7.98. The van der Waals surface area contributed by atoms with Crippen molar-refractivity contribution in [2.75, 3.05) is 20.3 Å². The van der Waals surface area contributed by atoms with Gasteiger partial charge in [-0.2, -0.15) is 0 Å². The van der Waals surface area contributed by atoms with Gasteiger partial charge in [0.1, 0.15) is 13.2 Å². The van der Waals surface area contributed by atoms with E-state index < -0.39 is 5.97 Å². The van der Waals surface area contributed by atoms with Gasteiger partial charge in [-0.15, -0.1) is 0 Å². The fourth-order valence-corrected chi connectivity index (χ4v) is 0.384. The molecule has 0 aliphatic heterocycles. The Morgan fingerprint density at radius 2 is 1.93 bits per heavy atom. The largest absolute Gasteiger partial charge is 0.460 e. The molecule has 7 nitrogen and oxygen atoms in total. The van der Waals surface area contributed by atoms with Crippen LogP contribution >= 0.6 is 0 Å². The van der Waals surface area contributed by atoms with Gasteiger partial charge in [-0.05, 0) is 22.0 Å². The highest BCUT2D eigenvalue weighted by Gasteiger charge is 2.02. The third-order valence-corrected chi connectivity index (χ3v) is 0.920. The number of hydrogen-bond acceptors (Lipinski definition) is 7. The number of hydrogen-bond donors (Lipinski definition) is 0. The third kappa shape index (κ3) is 7.65. The molecule has 0 saturated carbocycles. The van der Waals surface area contributed by atoms with Crippen molar-refractivity contribution in [2.24, 2.45) is 0 Å². The summed E-state index contributed by atoms with van der Waals surface area (Å²) in [5.41, 5.74) is 0.310. The van der Waals surface area contributed by atoms with Crippen molar-refractivity contribution in [1.29, 1.82) is 0 Å². The molecule has 0 aliphatic rings. The van der Waals surface area contributed by atoms with Crippen molar-refractivity contribution >= 4 is 5.97 Å². The molecule has 0 heterocycles. The van der Waals surface area contributed by atoms with Crippen molar-refractivity contribution in [2.45, 2.75) is 6.92 Å². The molecule has 0 rings (SSSR count). The minimum absolute atomic E-state index is 0.00784. The Bertz CT molecular complexity index is 179. The summed E-state index contributed by atoms with van der Waals surface area (Å²) in [6.07, 6.45) is 0. The molecular formula is C7H12O7. The molecular weight excluding hydrogens is 196 g/mol. The number of ether oxygens (including phenoxy) is 1. The maximum Gasteiger partial charge on any atom is 0.333 e. The van der Waals surface area contributed by atoms with E-state index in [1.807, 2.05) is 0 Å². The topological polar surface area (TPSA) is 72.5 Å². The van der Waals surface area contributed by atoms with E-state index in [9.17, 15) is 4.79 Å². The van der Waals surface area contributed by atoms with Crippen molar-refractivity contribution in [1.82, 2.24) is 0 Å². The van der Waals surface area contributed by atoms with Gasteiger partial charge in [0.2, 0.25) is 0 Å². The van der Waals surface area contributed by atoms with E-state index in [1.165, 1.54) is 14.0 Å². The summed E-state index contributed by atoms with van der Waals surface area (Å²) in [6, 6.07) is 0. The molecule has 7 heteroatoms. The minimum Gasteiger partial charge on any atom is -0.460 e. The van der Waals surface area contributed by atoms with Crippen LogP contribution in [0.25, 0.3) is 0 Å². The molecule has 0 unspecified atom stereocenters. The molecule has 0 N–H and O–H groups in total. The smallest absolute Gasteiger partial charge is 0.333 e. The predicted octanol–water partition coefficient (Wildman–Crippen LogP) is 0.478. The van der Waals surface area contributed by atoms with Crippen LogP contribution in [-0.2, 0) is 34.4 Å². The summed E-state index contributed by atoms with van der Waals surface area (Å²) < 4.78 is 4.64. The zero-order chi connectivity index (χ0) is 10.8. The molecule has 0 aromatic carbocycles. The lowest BCUT2D eigenvalue weighted by atomic mass is 10.4. The number of rotatable bonds is 8. The Hall–Kier alpha value is -0.990. The summed E-state index contributed by atoms with van der Waals surface area (Å²) >= 11 is 0. The Balaban J connectivity index is 3.13. The molecule has 0 saturated heterocycles. The first-order chi connectivity index (χ1) is 6.68. The van der Waals surface area contributed by atoms with Gasteiger partial charge in [0, 0.05) is 5.57 Å². The molecule has 0 radical (unpaired) electrons. The Labute approximate surface area is 80.8 Å². The van der Waals surface area contributed by atoms with E-state index in [-0.39, 0.29) is 13.2 Å². The summed E-state index contributed by atoms with van der Waals surface area (Å²) in [4.78, 5) is 19.1. The highest BCUT2D eigenvalue weighted by Crippen LogP contribution is 1.92. The molecule has 82 valence electrons. The monoisotopic (exact) mass is 208 g/mol. The summed E-state index contributed by atoms with van der Waals surface area (Å²) in [5.74, 6) is -0.498. The van der Waals surface area contributed by atoms with Crippen LogP contribution in [0.5, 0.6) is 0 Å². The number of carbonyl (C=O) groups excluding carboxylic acids is 1. The van der Waals surface area contributed by atoms with Crippen molar-refractivity contribution in [3.8, 4) is 0 Å². The molecule has 0 aliphatic carbocycles. The van der Waals surface area contributed by atoms with Gasteiger partial charge in [0.15, 0.2) is 0 Å². The van der Waals surface area contributed by atoms with Crippen LogP contribution in [0.15, 0.2) is 12.2 Å². The second-order valence-corrected chi connectivity index (χ2v) is 2.11. The van der Waals surface area contributed by atoms with Crippen molar-refractivity contribution in [3.05, 3.63) is 12.2 Å². The van der Waals surface area contributed by atoms with Crippen LogP contribution in [0, 0.1) is 0 Å². The van der Waals surface area contributed by atoms with Gasteiger partial charge < -0.3 is 4.74 Å². The predicted molar refractivity (Wildman–Crippen MR) is 42.0 cm³/mol. The summed E-state index contributed by atoms with van der Waals surface area (Å²) in [7, 11) is 1.22. The lowest BCUT2D eigenvalue weighted by molar-refractivity contribution is -0.705. The average molecular weight is 208 g/mol. The van der Waals surface area contributed by atoms with Crippen molar-refractivity contribution < 1.29 is 34.4 Å². The molecule has 0 aromatic heterocycles. The number of esters is 1. The van der Waals surface area contributed by atoms with Gasteiger partial charge in [0.25, 0.3) is 0 Å². The van der Waals surface area contributed by atoms with E-state index in [0.29, 0.717) is 5.57 Å². The second-order valence-electron chi connectivity index (χ2n) is 2.11. The zero-order valence-corrected chi connectivity index (χ0v) is 7.98. The molecule has 0 amide bonds. The van der Waals surface area contributed by atoms with Crippen LogP contribution in [0.1, 0.15) is 6.92 Å². The van der Waals surface area contributed by atoms with Crippen LogP contribution in [0.4, 0.5) is 0 Å². The van der Waals surface area contributed by atoms with Gasteiger partial charge in [-0.3, -0.25) is 0 Å².